The highest BCUT2D eigenvalue weighted by Crippen LogP contribution is 2.15. The van der Waals surface area contributed by atoms with Crippen LogP contribution >= 0.6 is 0 Å². The number of nitriles is 1. The third kappa shape index (κ3) is 4.30. The number of amides is 1. The van der Waals surface area contributed by atoms with Crippen LogP contribution in [0.2, 0.25) is 0 Å². The number of carbonyl (C=O) groups is 1. The zero-order valence-electron chi connectivity index (χ0n) is 14.2. The Bertz CT molecular complexity index is 913. The summed E-state index contributed by atoms with van der Waals surface area (Å²) in [5, 5.41) is 15.6. The number of carbonyl (C=O) groups excluding carboxylic acids is 1. The highest BCUT2D eigenvalue weighted by molar-refractivity contribution is 5.76. The van der Waals surface area contributed by atoms with E-state index in [2.05, 4.69) is 26.5 Å². The second-order valence-electron chi connectivity index (χ2n) is 5.75. The van der Waals surface area contributed by atoms with Crippen molar-refractivity contribution in [3.63, 3.8) is 0 Å². The number of hydrogen-bond acceptors (Lipinski definition) is 6. The lowest BCUT2D eigenvalue weighted by molar-refractivity contribution is -0.121. The number of rotatable bonds is 6. The molecule has 26 heavy (non-hydrogen) atoms. The molecule has 0 aliphatic rings. The number of aromatic nitrogens is 3. The number of pyridine rings is 1. The van der Waals surface area contributed by atoms with Crippen LogP contribution in [0.5, 0.6) is 0 Å². The van der Waals surface area contributed by atoms with Crippen LogP contribution in [-0.2, 0) is 11.2 Å². The van der Waals surface area contributed by atoms with Crippen molar-refractivity contribution in [3.05, 3.63) is 65.7 Å². The molecular weight excluding hydrogens is 330 g/mol. The summed E-state index contributed by atoms with van der Waals surface area (Å²) in [5.74, 6) is 0.693. The summed E-state index contributed by atoms with van der Waals surface area (Å²) in [6.07, 6.45) is 2.25. The number of hydrogen-bond donors (Lipinski definition) is 1. The summed E-state index contributed by atoms with van der Waals surface area (Å²) in [7, 11) is 0. The Morgan fingerprint density at radius 2 is 2.08 bits per heavy atom. The fourth-order valence-corrected chi connectivity index (χ4v) is 2.42. The lowest BCUT2D eigenvalue weighted by Crippen LogP contribution is -2.26. The number of aryl methyl sites for hydroxylation is 1. The second kappa shape index (κ2) is 8.03. The maximum absolute atomic E-state index is 12.1. The van der Waals surface area contributed by atoms with E-state index in [1.54, 1.807) is 24.4 Å². The highest BCUT2D eigenvalue weighted by Gasteiger charge is 2.13. The van der Waals surface area contributed by atoms with Crippen molar-refractivity contribution in [1.29, 1.82) is 5.26 Å². The summed E-state index contributed by atoms with van der Waals surface area (Å²) in [4.78, 5) is 20.6. The van der Waals surface area contributed by atoms with Crippen LogP contribution in [0.15, 0.2) is 53.2 Å². The Balaban J connectivity index is 1.52. The first kappa shape index (κ1) is 17.3. The molecule has 1 aromatic carbocycles. The molecule has 0 saturated carbocycles. The van der Waals surface area contributed by atoms with Crippen LogP contribution < -0.4 is 5.32 Å². The van der Waals surface area contributed by atoms with Gasteiger partial charge in [0.2, 0.25) is 17.6 Å². The predicted molar refractivity (Wildman–Crippen MR) is 93.6 cm³/mol. The third-order valence-corrected chi connectivity index (χ3v) is 3.85. The summed E-state index contributed by atoms with van der Waals surface area (Å²) in [6, 6.07) is 14.5. The Hall–Kier alpha value is -3.53. The lowest BCUT2D eigenvalue weighted by atomic mass is 10.1. The van der Waals surface area contributed by atoms with Crippen LogP contribution in [0.3, 0.4) is 0 Å². The van der Waals surface area contributed by atoms with Crippen molar-refractivity contribution in [2.75, 3.05) is 0 Å². The summed E-state index contributed by atoms with van der Waals surface area (Å²) < 4.78 is 5.17. The predicted octanol–water partition coefficient (Wildman–Crippen LogP) is 2.81. The van der Waals surface area contributed by atoms with Crippen molar-refractivity contribution in [1.82, 2.24) is 20.4 Å². The molecule has 1 N–H and O–H groups in total. The van der Waals surface area contributed by atoms with Crippen LogP contribution in [0.1, 0.15) is 36.4 Å². The quantitative estimate of drug-likeness (QED) is 0.735. The van der Waals surface area contributed by atoms with Gasteiger partial charge >= 0.3 is 0 Å². The first-order valence-electron chi connectivity index (χ1n) is 8.19. The molecule has 7 heteroatoms. The van der Waals surface area contributed by atoms with E-state index in [1.807, 2.05) is 31.2 Å². The van der Waals surface area contributed by atoms with Gasteiger partial charge in [0.05, 0.1) is 17.7 Å². The smallest absolute Gasteiger partial charge is 0.227 e. The van der Waals surface area contributed by atoms with E-state index in [-0.39, 0.29) is 18.4 Å². The Kier molecular flexibility index (Phi) is 5.34. The maximum atomic E-state index is 12.1. The molecule has 0 aliphatic carbocycles. The van der Waals surface area contributed by atoms with Crippen molar-refractivity contribution in [2.45, 2.75) is 25.8 Å². The van der Waals surface area contributed by atoms with Gasteiger partial charge in [0.1, 0.15) is 5.69 Å². The van der Waals surface area contributed by atoms with Crippen molar-refractivity contribution in [3.8, 4) is 17.6 Å². The topological polar surface area (TPSA) is 105 Å². The summed E-state index contributed by atoms with van der Waals surface area (Å²) in [6.45, 7) is 1.89. The van der Waals surface area contributed by atoms with Crippen LogP contribution in [0, 0.1) is 11.3 Å². The second-order valence-corrected chi connectivity index (χ2v) is 5.75. The number of nitrogens with zero attached hydrogens (tertiary/aromatic N) is 4. The molecule has 2 aromatic heterocycles. The van der Waals surface area contributed by atoms with Crippen molar-refractivity contribution in [2.24, 2.45) is 0 Å². The van der Waals surface area contributed by atoms with E-state index in [1.165, 1.54) is 0 Å². The summed E-state index contributed by atoms with van der Waals surface area (Å²) in [5.41, 5.74) is 2.15. The van der Waals surface area contributed by atoms with Gasteiger partial charge in [0.25, 0.3) is 0 Å². The standard InChI is InChI=1S/C19H17N5O2/c1-13(15-7-5-14(12-20)6-8-15)22-17(25)9-10-18-23-19(24-26-18)16-4-2-3-11-21-16/h2-8,11,13H,9-10H2,1H3,(H,22,25). The average molecular weight is 347 g/mol. The van der Waals surface area contributed by atoms with Gasteiger partial charge in [0.15, 0.2) is 0 Å². The molecule has 0 saturated heterocycles. The minimum atomic E-state index is -0.151. The number of nitrogens with one attached hydrogen (secondary N) is 1. The van der Waals surface area contributed by atoms with Gasteiger partial charge in [-0.25, -0.2) is 0 Å². The fourth-order valence-electron chi connectivity index (χ4n) is 2.42. The molecule has 1 unspecified atom stereocenters. The third-order valence-electron chi connectivity index (χ3n) is 3.85. The maximum Gasteiger partial charge on any atom is 0.227 e. The average Bonchev–Trinajstić information content (AvgIpc) is 3.16. The van der Waals surface area contributed by atoms with Gasteiger partial charge in [-0.15, -0.1) is 0 Å². The molecule has 0 bridgehead atoms. The minimum Gasteiger partial charge on any atom is -0.350 e. The fraction of sp³-hybridized carbons (Fsp3) is 0.211. The molecule has 7 nitrogen and oxygen atoms in total. The Morgan fingerprint density at radius 3 is 2.77 bits per heavy atom. The molecule has 3 rings (SSSR count). The molecule has 0 aliphatic heterocycles. The SMILES string of the molecule is CC(NC(=O)CCc1nc(-c2ccccn2)no1)c1ccc(C#N)cc1. The van der Waals surface area contributed by atoms with Crippen LogP contribution in [-0.4, -0.2) is 21.0 Å². The first-order valence-corrected chi connectivity index (χ1v) is 8.19. The number of benzene rings is 1. The van der Waals surface area contributed by atoms with E-state index in [0.29, 0.717) is 29.4 Å². The van der Waals surface area contributed by atoms with Gasteiger partial charge < -0.3 is 9.84 Å². The largest absolute Gasteiger partial charge is 0.350 e. The van der Waals surface area contributed by atoms with Gasteiger partial charge in [0, 0.05) is 19.0 Å². The molecule has 0 fully saturated rings. The van der Waals surface area contributed by atoms with Gasteiger partial charge in [-0.2, -0.15) is 10.2 Å². The lowest BCUT2D eigenvalue weighted by Gasteiger charge is -2.14. The van der Waals surface area contributed by atoms with E-state index in [9.17, 15) is 4.79 Å². The highest BCUT2D eigenvalue weighted by atomic mass is 16.5. The zero-order valence-corrected chi connectivity index (χ0v) is 14.2. The van der Waals surface area contributed by atoms with E-state index in [0.717, 1.165) is 5.56 Å². The van der Waals surface area contributed by atoms with Crippen LogP contribution in [0.4, 0.5) is 0 Å². The molecule has 0 radical (unpaired) electrons. The molecular formula is C19H17N5O2. The molecule has 130 valence electrons. The molecule has 1 amide bonds. The van der Waals surface area contributed by atoms with E-state index < -0.39 is 0 Å². The Morgan fingerprint density at radius 1 is 1.27 bits per heavy atom. The Labute approximate surface area is 150 Å². The van der Waals surface area contributed by atoms with Crippen molar-refractivity contribution < 1.29 is 9.32 Å². The van der Waals surface area contributed by atoms with E-state index in [4.69, 9.17) is 9.78 Å². The molecule has 2 heterocycles. The normalized spacial score (nSPS) is 11.5. The summed E-state index contributed by atoms with van der Waals surface area (Å²) >= 11 is 0. The molecule has 1 atom stereocenters. The van der Waals surface area contributed by atoms with Gasteiger partial charge in [-0.3, -0.25) is 9.78 Å². The zero-order chi connectivity index (χ0) is 18.4. The van der Waals surface area contributed by atoms with Crippen molar-refractivity contribution >= 4 is 5.91 Å². The van der Waals surface area contributed by atoms with Crippen LogP contribution in [0.25, 0.3) is 11.5 Å². The monoisotopic (exact) mass is 347 g/mol. The molecule has 3 aromatic rings. The van der Waals surface area contributed by atoms with Gasteiger partial charge in [-0.05, 0) is 36.8 Å². The molecule has 0 spiro atoms. The van der Waals surface area contributed by atoms with E-state index >= 15 is 0 Å². The minimum absolute atomic E-state index is 0.112. The van der Waals surface area contributed by atoms with Gasteiger partial charge in [-0.1, -0.05) is 23.4 Å². The first-order chi connectivity index (χ1) is 12.7.